The first-order valence-electron chi connectivity index (χ1n) is 3.30. The van der Waals surface area contributed by atoms with E-state index in [0.29, 0.717) is 17.7 Å². The van der Waals surface area contributed by atoms with Crippen molar-refractivity contribution < 1.29 is 14.7 Å². The van der Waals surface area contributed by atoms with Crippen LogP contribution in [-0.4, -0.2) is 23.5 Å². The van der Waals surface area contributed by atoms with Crippen molar-refractivity contribution in [2.45, 2.75) is 13.3 Å². The van der Waals surface area contributed by atoms with Crippen LogP contribution in [0.4, 0.5) is 0 Å². The lowest BCUT2D eigenvalue weighted by Crippen LogP contribution is -2.16. The van der Waals surface area contributed by atoms with E-state index in [0.717, 1.165) is 0 Å². The smallest absolute Gasteiger partial charge is 0.307 e. The number of aliphatic carboxylic acids is 1. The molecule has 1 rings (SSSR count). The Hall–Kier alpha value is -1.32. The Morgan fingerprint density at radius 3 is 2.73 bits per heavy atom. The topological polar surface area (TPSA) is 66.4 Å². The van der Waals surface area contributed by atoms with Crippen molar-refractivity contribution in [2.75, 3.05) is 6.54 Å². The highest BCUT2D eigenvalue weighted by Gasteiger charge is 2.19. The van der Waals surface area contributed by atoms with Crippen LogP contribution >= 0.6 is 0 Å². The van der Waals surface area contributed by atoms with Crippen LogP contribution in [0.1, 0.15) is 13.3 Å². The molecule has 1 aliphatic rings. The molecular formula is C7H9NO3. The van der Waals surface area contributed by atoms with Gasteiger partial charge in [0.2, 0.25) is 5.91 Å². The number of carboxylic acids is 1. The van der Waals surface area contributed by atoms with Crippen LogP contribution in [0.15, 0.2) is 11.1 Å². The molecule has 0 unspecified atom stereocenters. The highest BCUT2D eigenvalue weighted by molar-refractivity contribution is 5.97. The van der Waals surface area contributed by atoms with E-state index >= 15 is 0 Å². The van der Waals surface area contributed by atoms with Gasteiger partial charge in [0.05, 0.1) is 6.42 Å². The van der Waals surface area contributed by atoms with Gasteiger partial charge in [-0.2, -0.15) is 0 Å². The van der Waals surface area contributed by atoms with E-state index in [-0.39, 0.29) is 12.3 Å². The van der Waals surface area contributed by atoms with Gasteiger partial charge in [0.1, 0.15) is 0 Å². The molecule has 0 bridgehead atoms. The Balaban J connectivity index is 2.72. The highest BCUT2D eigenvalue weighted by Crippen LogP contribution is 2.13. The van der Waals surface area contributed by atoms with E-state index in [2.05, 4.69) is 5.32 Å². The molecular weight excluding hydrogens is 146 g/mol. The number of amides is 1. The summed E-state index contributed by atoms with van der Waals surface area (Å²) in [5, 5.41) is 11.0. The zero-order chi connectivity index (χ0) is 8.43. The second kappa shape index (κ2) is 2.74. The molecule has 0 fully saturated rings. The third-order valence-electron chi connectivity index (χ3n) is 1.70. The predicted molar refractivity (Wildman–Crippen MR) is 38.0 cm³/mol. The Morgan fingerprint density at radius 1 is 1.73 bits per heavy atom. The minimum absolute atomic E-state index is 0.0371. The largest absolute Gasteiger partial charge is 0.481 e. The number of rotatable bonds is 2. The Kier molecular flexibility index (Phi) is 1.94. The molecule has 0 saturated heterocycles. The summed E-state index contributed by atoms with van der Waals surface area (Å²) < 4.78 is 0. The monoisotopic (exact) mass is 155 g/mol. The van der Waals surface area contributed by atoms with E-state index in [1.807, 2.05) is 0 Å². The molecule has 4 nitrogen and oxygen atoms in total. The van der Waals surface area contributed by atoms with E-state index in [1.165, 1.54) is 0 Å². The lowest BCUT2D eigenvalue weighted by Gasteiger charge is -1.94. The first kappa shape index (κ1) is 7.78. The molecule has 0 spiro atoms. The molecule has 4 heteroatoms. The van der Waals surface area contributed by atoms with Crippen molar-refractivity contribution in [1.82, 2.24) is 5.32 Å². The van der Waals surface area contributed by atoms with Gasteiger partial charge in [-0.15, -0.1) is 0 Å². The second-order valence-corrected chi connectivity index (χ2v) is 2.48. The van der Waals surface area contributed by atoms with Crippen LogP contribution < -0.4 is 5.32 Å². The highest BCUT2D eigenvalue weighted by atomic mass is 16.4. The molecule has 0 aromatic heterocycles. The van der Waals surface area contributed by atoms with E-state index < -0.39 is 5.97 Å². The summed E-state index contributed by atoms with van der Waals surface area (Å²) in [6.07, 6.45) is -0.0371. The van der Waals surface area contributed by atoms with Crippen LogP contribution in [0.5, 0.6) is 0 Å². The molecule has 0 saturated carbocycles. The summed E-state index contributed by atoms with van der Waals surface area (Å²) in [7, 11) is 0. The lowest BCUT2D eigenvalue weighted by atomic mass is 10.1. The van der Waals surface area contributed by atoms with Crippen molar-refractivity contribution in [3.8, 4) is 0 Å². The van der Waals surface area contributed by atoms with Gasteiger partial charge < -0.3 is 10.4 Å². The fourth-order valence-corrected chi connectivity index (χ4v) is 0.990. The van der Waals surface area contributed by atoms with Crippen LogP contribution in [0.2, 0.25) is 0 Å². The van der Waals surface area contributed by atoms with E-state index in [1.54, 1.807) is 6.92 Å². The second-order valence-electron chi connectivity index (χ2n) is 2.48. The van der Waals surface area contributed by atoms with Crippen molar-refractivity contribution >= 4 is 11.9 Å². The van der Waals surface area contributed by atoms with Gasteiger partial charge >= 0.3 is 5.97 Å². The number of carbonyl (C=O) groups excluding carboxylic acids is 1. The summed E-state index contributed by atoms with van der Waals surface area (Å²) in [4.78, 5) is 21.0. The summed E-state index contributed by atoms with van der Waals surface area (Å²) >= 11 is 0. The van der Waals surface area contributed by atoms with Gasteiger partial charge in [-0.25, -0.2) is 0 Å². The fraction of sp³-hybridized carbons (Fsp3) is 0.429. The van der Waals surface area contributed by atoms with Crippen molar-refractivity contribution in [3.05, 3.63) is 11.1 Å². The molecule has 2 N–H and O–H groups in total. The zero-order valence-electron chi connectivity index (χ0n) is 6.18. The van der Waals surface area contributed by atoms with Crippen LogP contribution in [0.3, 0.4) is 0 Å². The number of hydrogen-bond acceptors (Lipinski definition) is 2. The predicted octanol–water partition coefficient (Wildman–Crippen LogP) is -0.0926. The zero-order valence-corrected chi connectivity index (χ0v) is 6.18. The molecule has 0 aromatic rings. The van der Waals surface area contributed by atoms with E-state index in [9.17, 15) is 9.59 Å². The quantitative estimate of drug-likeness (QED) is 0.585. The van der Waals surface area contributed by atoms with Crippen LogP contribution in [-0.2, 0) is 9.59 Å². The summed E-state index contributed by atoms with van der Waals surface area (Å²) in [6.45, 7) is 2.03. The summed E-state index contributed by atoms with van der Waals surface area (Å²) in [5.41, 5.74) is 1.23. The molecule has 0 radical (unpaired) electrons. The van der Waals surface area contributed by atoms with Crippen LogP contribution in [0, 0.1) is 0 Å². The molecule has 0 aromatic carbocycles. The number of carboxylic acid groups (broad SMARTS) is 1. The summed E-state index contributed by atoms with van der Waals surface area (Å²) in [5.74, 6) is -1.04. The van der Waals surface area contributed by atoms with Crippen molar-refractivity contribution in [2.24, 2.45) is 0 Å². The molecule has 1 aliphatic heterocycles. The first-order chi connectivity index (χ1) is 5.11. The van der Waals surface area contributed by atoms with Gasteiger partial charge in [0.15, 0.2) is 0 Å². The molecule has 1 heterocycles. The molecule has 0 aliphatic carbocycles. The standard InChI is InChI=1S/C7H9NO3/c1-4-5(2-6(9)10)3-8-7(4)11/h2-3H2,1H3,(H,8,11)(H,9,10). The average Bonchev–Trinajstić information content (AvgIpc) is 2.18. The maximum Gasteiger partial charge on any atom is 0.307 e. The minimum Gasteiger partial charge on any atom is -0.481 e. The van der Waals surface area contributed by atoms with Gasteiger partial charge in [-0.3, -0.25) is 9.59 Å². The Morgan fingerprint density at radius 2 is 2.36 bits per heavy atom. The first-order valence-corrected chi connectivity index (χ1v) is 3.30. The number of nitrogens with one attached hydrogen (secondary N) is 1. The third kappa shape index (κ3) is 1.58. The van der Waals surface area contributed by atoms with Crippen LogP contribution in [0.25, 0.3) is 0 Å². The van der Waals surface area contributed by atoms with Gasteiger partial charge in [-0.1, -0.05) is 0 Å². The normalized spacial score (nSPS) is 17.0. The maximum atomic E-state index is 10.8. The van der Waals surface area contributed by atoms with Gasteiger partial charge in [-0.05, 0) is 12.5 Å². The molecule has 0 atom stereocenters. The van der Waals surface area contributed by atoms with Gasteiger partial charge in [0.25, 0.3) is 0 Å². The average molecular weight is 155 g/mol. The van der Waals surface area contributed by atoms with Crippen molar-refractivity contribution in [3.63, 3.8) is 0 Å². The number of carbonyl (C=O) groups is 2. The Labute approximate surface area is 63.9 Å². The molecule has 11 heavy (non-hydrogen) atoms. The maximum absolute atomic E-state index is 10.8. The molecule has 60 valence electrons. The van der Waals surface area contributed by atoms with Gasteiger partial charge in [0, 0.05) is 12.1 Å². The lowest BCUT2D eigenvalue weighted by molar-refractivity contribution is -0.136. The summed E-state index contributed by atoms with van der Waals surface area (Å²) in [6, 6.07) is 0. The van der Waals surface area contributed by atoms with E-state index in [4.69, 9.17) is 5.11 Å². The van der Waals surface area contributed by atoms with Crippen molar-refractivity contribution in [1.29, 1.82) is 0 Å². The SMILES string of the molecule is CC1=C(CC(=O)O)CNC1=O. The minimum atomic E-state index is -0.893. The molecule has 1 amide bonds. The third-order valence-corrected chi connectivity index (χ3v) is 1.70. The number of hydrogen-bond donors (Lipinski definition) is 2. The Bertz CT molecular complexity index is 242. The fourth-order valence-electron chi connectivity index (χ4n) is 0.990.